The molecule has 0 heterocycles. The van der Waals surface area contributed by atoms with Crippen LogP contribution >= 0.6 is 34.8 Å². The van der Waals surface area contributed by atoms with Crippen LogP contribution < -0.4 is 5.32 Å². The summed E-state index contributed by atoms with van der Waals surface area (Å²) in [7, 11) is 0. The average molecular weight is 345 g/mol. The van der Waals surface area contributed by atoms with Gasteiger partial charge in [0.25, 0.3) is 0 Å². The highest BCUT2D eigenvalue weighted by molar-refractivity contribution is 6.48. The average Bonchev–Trinajstić information content (AvgIpc) is 2.45. The minimum atomic E-state index is -0.956. The highest BCUT2D eigenvalue weighted by Crippen LogP contribution is 2.36. The van der Waals surface area contributed by atoms with Crippen molar-refractivity contribution in [3.63, 3.8) is 0 Å². The second-order valence-electron chi connectivity index (χ2n) is 4.51. The zero-order valence-electron chi connectivity index (χ0n) is 11.0. The van der Waals surface area contributed by atoms with Crippen LogP contribution in [0.3, 0.4) is 0 Å². The van der Waals surface area contributed by atoms with E-state index < -0.39 is 5.97 Å². The standard InChI is InChI=1S/C15H12Cl3NO2/c1-8(11-6-7-12(16)14(18)13(11)17)19-10-4-2-9(3-5-10)15(20)21/h2-8,19H,1H3,(H,20,21). The number of hydrogen-bond acceptors (Lipinski definition) is 2. The molecule has 0 aliphatic heterocycles. The number of nitrogens with one attached hydrogen (secondary N) is 1. The number of benzene rings is 2. The summed E-state index contributed by atoms with van der Waals surface area (Å²) in [6, 6.07) is 9.86. The molecule has 0 saturated heterocycles. The van der Waals surface area contributed by atoms with E-state index in [0.29, 0.717) is 15.1 Å². The van der Waals surface area contributed by atoms with E-state index >= 15 is 0 Å². The van der Waals surface area contributed by atoms with Crippen molar-refractivity contribution < 1.29 is 9.90 Å². The largest absolute Gasteiger partial charge is 0.478 e. The van der Waals surface area contributed by atoms with E-state index in [-0.39, 0.29) is 11.6 Å². The second kappa shape index (κ2) is 6.56. The van der Waals surface area contributed by atoms with E-state index in [2.05, 4.69) is 5.32 Å². The number of rotatable bonds is 4. The summed E-state index contributed by atoms with van der Waals surface area (Å²) in [5.41, 5.74) is 1.84. The monoisotopic (exact) mass is 343 g/mol. The predicted octanol–water partition coefficient (Wildman–Crippen LogP) is 5.52. The molecule has 0 amide bonds. The van der Waals surface area contributed by atoms with Crippen molar-refractivity contribution in [1.29, 1.82) is 0 Å². The number of aromatic carboxylic acids is 1. The highest BCUT2D eigenvalue weighted by Gasteiger charge is 2.14. The van der Waals surface area contributed by atoms with E-state index in [4.69, 9.17) is 39.9 Å². The van der Waals surface area contributed by atoms with E-state index in [1.807, 2.05) is 6.92 Å². The van der Waals surface area contributed by atoms with Gasteiger partial charge in [0.1, 0.15) is 0 Å². The Morgan fingerprint density at radius 3 is 2.24 bits per heavy atom. The number of carbonyl (C=O) groups is 1. The third-order valence-corrected chi connectivity index (χ3v) is 4.35. The molecule has 2 rings (SSSR count). The Hall–Kier alpha value is -1.42. The summed E-state index contributed by atoms with van der Waals surface area (Å²) in [6.07, 6.45) is 0. The molecule has 0 fully saturated rings. The number of anilines is 1. The fourth-order valence-electron chi connectivity index (χ4n) is 1.91. The van der Waals surface area contributed by atoms with Crippen molar-refractivity contribution in [2.24, 2.45) is 0 Å². The Morgan fingerprint density at radius 1 is 1.05 bits per heavy atom. The van der Waals surface area contributed by atoms with Crippen molar-refractivity contribution in [2.45, 2.75) is 13.0 Å². The first kappa shape index (κ1) is 16.0. The molecule has 0 spiro atoms. The van der Waals surface area contributed by atoms with Gasteiger partial charge >= 0.3 is 5.97 Å². The zero-order valence-corrected chi connectivity index (χ0v) is 13.3. The third-order valence-electron chi connectivity index (χ3n) is 3.05. The number of halogens is 3. The lowest BCUT2D eigenvalue weighted by Gasteiger charge is -2.18. The van der Waals surface area contributed by atoms with Crippen LogP contribution in [0.2, 0.25) is 15.1 Å². The molecule has 1 atom stereocenters. The molecule has 0 aliphatic rings. The van der Waals surface area contributed by atoms with Gasteiger partial charge in [-0.1, -0.05) is 40.9 Å². The van der Waals surface area contributed by atoms with Gasteiger partial charge in [-0.05, 0) is 42.8 Å². The topological polar surface area (TPSA) is 49.3 Å². The highest BCUT2D eigenvalue weighted by atomic mass is 35.5. The number of carboxylic acid groups (broad SMARTS) is 1. The van der Waals surface area contributed by atoms with Crippen molar-refractivity contribution in [1.82, 2.24) is 0 Å². The van der Waals surface area contributed by atoms with Gasteiger partial charge in [0.05, 0.1) is 26.7 Å². The molecule has 6 heteroatoms. The molecule has 3 nitrogen and oxygen atoms in total. The Kier molecular flexibility index (Phi) is 4.99. The molecular formula is C15H12Cl3NO2. The van der Waals surface area contributed by atoms with Gasteiger partial charge in [0.2, 0.25) is 0 Å². The Balaban J connectivity index is 2.20. The quantitative estimate of drug-likeness (QED) is 0.718. The van der Waals surface area contributed by atoms with Crippen molar-refractivity contribution in [3.8, 4) is 0 Å². The van der Waals surface area contributed by atoms with E-state index in [9.17, 15) is 4.79 Å². The minimum absolute atomic E-state index is 0.108. The smallest absolute Gasteiger partial charge is 0.335 e. The normalized spacial score (nSPS) is 12.0. The van der Waals surface area contributed by atoms with Gasteiger partial charge in [-0.3, -0.25) is 0 Å². The number of hydrogen-bond donors (Lipinski definition) is 2. The van der Waals surface area contributed by atoms with Gasteiger partial charge in [-0.2, -0.15) is 0 Å². The fraction of sp³-hybridized carbons (Fsp3) is 0.133. The maximum absolute atomic E-state index is 10.8. The van der Waals surface area contributed by atoms with Crippen LogP contribution in [-0.2, 0) is 0 Å². The first-order valence-corrected chi connectivity index (χ1v) is 7.27. The van der Waals surface area contributed by atoms with E-state index in [1.54, 1.807) is 24.3 Å². The van der Waals surface area contributed by atoms with E-state index in [1.165, 1.54) is 12.1 Å². The van der Waals surface area contributed by atoms with Crippen LogP contribution in [0.15, 0.2) is 36.4 Å². The van der Waals surface area contributed by atoms with Crippen LogP contribution in [0.4, 0.5) is 5.69 Å². The maximum Gasteiger partial charge on any atom is 0.335 e. The van der Waals surface area contributed by atoms with Crippen LogP contribution in [0.5, 0.6) is 0 Å². The lowest BCUT2D eigenvalue weighted by Crippen LogP contribution is -2.07. The molecule has 0 aliphatic carbocycles. The summed E-state index contributed by atoms with van der Waals surface area (Å²) in [4.78, 5) is 10.8. The molecule has 2 aromatic rings. The molecule has 0 saturated carbocycles. The summed E-state index contributed by atoms with van der Waals surface area (Å²) in [5.74, 6) is -0.956. The van der Waals surface area contributed by atoms with Gasteiger partial charge in [-0.25, -0.2) is 4.79 Å². The van der Waals surface area contributed by atoms with Crippen LogP contribution in [0, 0.1) is 0 Å². The predicted molar refractivity (Wildman–Crippen MR) is 86.9 cm³/mol. The molecule has 21 heavy (non-hydrogen) atoms. The SMILES string of the molecule is CC(Nc1ccc(C(=O)O)cc1)c1ccc(Cl)c(Cl)c1Cl. The molecule has 1 unspecified atom stereocenters. The lowest BCUT2D eigenvalue weighted by atomic mass is 10.1. The van der Waals surface area contributed by atoms with Crippen molar-refractivity contribution in [2.75, 3.05) is 5.32 Å². The maximum atomic E-state index is 10.8. The Morgan fingerprint density at radius 2 is 1.67 bits per heavy atom. The minimum Gasteiger partial charge on any atom is -0.478 e. The summed E-state index contributed by atoms with van der Waals surface area (Å²) < 4.78 is 0. The molecule has 0 aromatic heterocycles. The van der Waals surface area contributed by atoms with Crippen LogP contribution in [0.1, 0.15) is 28.9 Å². The van der Waals surface area contributed by atoms with Gasteiger partial charge < -0.3 is 10.4 Å². The summed E-state index contributed by atoms with van der Waals surface area (Å²) >= 11 is 18.1. The molecule has 2 N–H and O–H groups in total. The van der Waals surface area contributed by atoms with Gasteiger partial charge in [0.15, 0.2) is 0 Å². The molecule has 110 valence electrons. The van der Waals surface area contributed by atoms with Crippen LogP contribution in [0.25, 0.3) is 0 Å². The van der Waals surface area contributed by atoms with Gasteiger partial charge in [-0.15, -0.1) is 0 Å². The van der Waals surface area contributed by atoms with Crippen molar-refractivity contribution >= 4 is 46.5 Å². The Bertz CT molecular complexity index is 671. The third kappa shape index (κ3) is 3.62. The summed E-state index contributed by atoms with van der Waals surface area (Å²) in [6.45, 7) is 1.93. The molecular weight excluding hydrogens is 333 g/mol. The lowest BCUT2D eigenvalue weighted by molar-refractivity contribution is 0.0697. The van der Waals surface area contributed by atoms with Gasteiger partial charge in [0, 0.05) is 5.69 Å². The van der Waals surface area contributed by atoms with E-state index in [0.717, 1.165) is 11.3 Å². The van der Waals surface area contributed by atoms with Crippen LogP contribution in [-0.4, -0.2) is 11.1 Å². The Labute approximate surface area is 137 Å². The fourth-order valence-corrected chi connectivity index (χ4v) is 2.62. The first-order valence-electron chi connectivity index (χ1n) is 6.13. The molecule has 0 bridgehead atoms. The van der Waals surface area contributed by atoms with Crippen molar-refractivity contribution in [3.05, 3.63) is 62.6 Å². The first-order chi connectivity index (χ1) is 9.90. The second-order valence-corrected chi connectivity index (χ2v) is 5.68. The zero-order chi connectivity index (χ0) is 15.6. The number of carboxylic acids is 1. The molecule has 0 radical (unpaired) electrons. The molecule has 2 aromatic carbocycles. The summed E-state index contributed by atoms with van der Waals surface area (Å²) in [5, 5.41) is 13.2.